The lowest BCUT2D eigenvalue weighted by Crippen LogP contribution is -2.29. The molecule has 2 aliphatic rings. The highest BCUT2D eigenvalue weighted by atomic mass is 79.9. The summed E-state index contributed by atoms with van der Waals surface area (Å²) < 4.78 is 0.645. The van der Waals surface area contributed by atoms with Crippen molar-refractivity contribution in [2.75, 3.05) is 0 Å². The minimum Gasteiger partial charge on any atom is -0.360 e. The number of fused-ring (bicyclic) bond motifs is 2. The summed E-state index contributed by atoms with van der Waals surface area (Å²) in [6.45, 7) is 7.35. The van der Waals surface area contributed by atoms with Gasteiger partial charge in [0.2, 0.25) is 0 Å². The van der Waals surface area contributed by atoms with Crippen molar-refractivity contribution in [1.82, 2.24) is 19.8 Å². The SMILES string of the molecule is O=C1c2ccccc2C(=O)N1Cc1cccnc1Br.[C-]#[N+]c1ncccc1CN1C(=O)c2ccccc2C1=O. The van der Waals surface area contributed by atoms with Gasteiger partial charge in [-0.15, -0.1) is 4.98 Å². The Hall–Kier alpha value is -5.01. The number of halogens is 1. The Balaban J connectivity index is 0.000000158. The zero-order chi connectivity index (χ0) is 27.5. The third kappa shape index (κ3) is 4.83. The van der Waals surface area contributed by atoms with Crippen molar-refractivity contribution in [3.8, 4) is 0 Å². The van der Waals surface area contributed by atoms with Crippen LogP contribution in [0.5, 0.6) is 0 Å². The van der Waals surface area contributed by atoms with Gasteiger partial charge in [-0.3, -0.25) is 29.0 Å². The van der Waals surface area contributed by atoms with Gasteiger partial charge in [-0.25, -0.2) is 4.98 Å². The van der Waals surface area contributed by atoms with Gasteiger partial charge in [-0.05, 0) is 57.9 Å². The lowest BCUT2D eigenvalue weighted by atomic mass is 10.1. The largest absolute Gasteiger partial charge is 0.360 e. The molecule has 0 saturated heterocycles. The summed E-state index contributed by atoms with van der Waals surface area (Å²) in [5, 5.41) is 0. The highest BCUT2D eigenvalue weighted by Gasteiger charge is 2.36. The minimum absolute atomic E-state index is 0.0674. The van der Waals surface area contributed by atoms with Crippen LogP contribution in [0.15, 0.2) is 89.8 Å². The lowest BCUT2D eigenvalue weighted by Gasteiger charge is -2.14. The molecule has 0 saturated carbocycles. The Bertz CT molecular complexity index is 1630. The summed E-state index contributed by atoms with van der Waals surface area (Å²) in [5.41, 5.74) is 3.12. The first-order chi connectivity index (χ1) is 18.9. The topological polar surface area (TPSA) is 105 Å². The van der Waals surface area contributed by atoms with Gasteiger partial charge in [0.25, 0.3) is 29.4 Å². The van der Waals surface area contributed by atoms with Gasteiger partial charge in [0.05, 0.1) is 28.8 Å². The summed E-state index contributed by atoms with van der Waals surface area (Å²) in [6.07, 6.45) is 3.16. The van der Waals surface area contributed by atoms with Crippen LogP contribution < -0.4 is 0 Å². The standard InChI is InChI=1S/C15H9N3O2.C14H9BrN2O2/c1-16-13-10(5-4-8-17-13)9-18-14(19)11-6-2-3-7-12(11)15(18)20;15-12-9(4-3-7-16-12)8-17-13(18)10-5-1-2-6-11(10)14(17)19/h2-8H,9H2;1-7H,8H2. The number of nitrogens with zero attached hydrogens (tertiary/aromatic N) is 5. The highest BCUT2D eigenvalue weighted by Crippen LogP contribution is 2.27. The fraction of sp³-hybridized carbons (Fsp3) is 0.0690. The van der Waals surface area contributed by atoms with E-state index in [4.69, 9.17) is 6.57 Å². The van der Waals surface area contributed by atoms with Crippen LogP contribution in [0.1, 0.15) is 52.6 Å². The van der Waals surface area contributed by atoms with Gasteiger partial charge in [-0.2, -0.15) is 0 Å². The fourth-order valence-corrected chi connectivity index (χ4v) is 4.67. The summed E-state index contributed by atoms with van der Waals surface area (Å²) in [5.74, 6) is -0.951. The normalized spacial score (nSPS) is 13.5. The number of rotatable bonds is 4. The van der Waals surface area contributed by atoms with Crippen LogP contribution in [0, 0.1) is 6.57 Å². The zero-order valence-electron chi connectivity index (χ0n) is 20.2. The Morgan fingerprint density at radius 1 is 0.615 bits per heavy atom. The molecule has 10 heteroatoms. The average molecular weight is 580 g/mol. The second-order valence-corrected chi connectivity index (χ2v) is 9.29. The molecule has 0 bridgehead atoms. The zero-order valence-corrected chi connectivity index (χ0v) is 21.8. The first kappa shape index (κ1) is 25.6. The van der Waals surface area contributed by atoms with Crippen LogP contribution in [-0.4, -0.2) is 43.4 Å². The van der Waals surface area contributed by atoms with Gasteiger partial charge >= 0.3 is 0 Å². The molecule has 2 aliphatic heterocycles. The smallest absolute Gasteiger partial charge is 0.274 e. The third-order valence-electron chi connectivity index (χ3n) is 6.22. The molecule has 0 atom stereocenters. The van der Waals surface area contributed by atoms with E-state index in [9.17, 15) is 19.2 Å². The molecule has 0 N–H and O–H groups in total. The molecule has 4 amide bonds. The Morgan fingerprint density at radius 3 is 1.46 bits per heavy atom. The van der Waals surface area contributed by atoms with E-state index < -0.39 is 0 Å². The number of benzene rings is 2. The Morgan fingerprint density at radius 2 is 1.03 bits per heavy atom. The van der Waals surface area contributed by atoms with Gasteiger partial charge in [-0.1, -0.05) is 43.0 Å². The molecule has 0 radical (unpaired) electrons. The molecule has 9 nitrogen and oxygen atoms in total. The van der Waals surface area contributed by atoms with E-state index in [-0.39, 0.29) is 42.5 Å². The predicted octanol–water partition coefficient (Wildman–Crippen LogP) is 5.07. The van der Waals surface area contributed by atoms with E-state index in [0.29, 0.717) is 32.4 Å². The molecule has 39 heavy (non-hydrogen) atoms. The highest BCUT2D eigenvalue weighted by molar-refractivity contribution is 9.10. The van der Waals surface area contributed by atoms with E-state index in [0.717, 1.165) is 10.5 Å². The summed E-state index contributed by atoms with van der Waals surface area (Å²) in [4.78, 5) is 62.5. The van der Waals surface area contributed by atoms with Gasteiger partial charge in [0, 0.05) is 18.3 Å². The lowest BCUT2D eigenvalue weighted by molar-refractivity contribution is 0.0627. The van der Waals surface area contributed by atoms with Crippen molar-refractivity contribution in [2.24, 2.45) is 0 Å². The molecule has 0 aliphatic carbocycles. The fourth-order valence-electron chi connectivity index (χ4n) is 4.30. The minimum atomic E-state index is -0.328. The van der Waals surface area contributed by atoms with Crippen molar-refractivity contribution >= 4 is 45.4 Å². The van der Waals surface area contributed by atoms with Gasteiger partial charge in [0.1, 0.15) is 10.8 Å². The second kappa shape index (κ2) is 10.8. The number of carbonyl (C=O) groups is 4. The monoisotopic (exact) mass is 579 g/mol. The summed E-state index contributed by atoms with van der Waals surface area (Å²) in [6, 6.07) is 20.6. The second-order valence-electron chi connectivity index (χ2n) is 8.54. The number of carbonyl (C=O) groups excluding carboxylic acids is 4. The van der Waals surface area contributed by atoms with Crippen molar-refractivity contribution in [2.45, 2.75) is 13.1 Å². The molecule has 0 fully saturated rings. The van der Waals surface area contributed by atoms with Crippen LogP contribution in [0.2, 0.25) is 0 Å². The van der Waals surface area contributed by atoms with Crippen molar-refractivity contribution in [3.05, 3.63) is 135 Å². The molecule has 0 spiro atoms. The Kier molecular flexibility index (Phi) is 7.08. The van der Waals surface area contributed by atoms with E-state index in [1.165, 1.54) is 11.1 Å². The van der Waals surface area contributed by atoms with E-state index in [1.54, 1.807) is 72.9 Å². The Labute approximate surface area is 231 Å². The maximum atomic E-state index is 12.2. The molecular weight excluding hydrogens is 562 g/mol. The first-order valence-electron chi connectivity index (χ1n) is 11.7. The van der Waals surface area contributed by atoms with Crippen LogP contribution in [0.4, 0.5) is 5.82 Å². The predicted molar refractivity (Wildman–Crippen MR) is 144 cm³/mol. The molecule has 2 aromatic heterocycles. The summed E-state index contributed by atoms with van der Waals surface area (Å²) in [7, 11) is 0. The molecule has 190 valence electrons. The van der Waals surface area contributed by atoms with Crippen molar-refractivity contribution in [1.29, 1.82) is 0 Å². The van der Waals surface area contributed by atoms with Crippen molar-refractivity contribution < 1.29 is 19.2 Å². The number of amides is 4. The third-order valence-corrected chi connectivity index (χ3v) is 6.94. The number of pyridine rings is 2. The number of hydrogen-bond donors (Lipinski definition) is 0. The van der Waals surface area contributed by atoms with E-state index in [2.05, 4.69) is 30.7 Å². The van der Waals surface area contributed by atoms with Crippen molar-refractivity contribution in [3.63, 3.8) is 0 Å². The summed E-state index contributed by atoms with van der Waals surface area (Å²) >= 11 is 3.32. The molecule has 0 unspecified atom stereocenters. The molecular formula is C29H18BrN5O4. The maximum absolute atomic E-state index is 12.2. The molecule has 4 aromatic rings. The van der Waals surface area contributed by atoms with Crippen LogP contribution in [0.25, 0.3) is 4.85 Å². The quantitative estimate of drug-likeness (QED) is 0.190. The van der Waals surface area contributed by atoms with Gasteiger partial charge < -0.3 is 4.85 Å². The first-order valence-corrected chi connectivity index (χ1v) is 12.5. The average Bonchev–Trinajstić information content (AvgIpc) is 3.35. The number of hydrogen-bond acceptors (Lipinski definition) is 6. The maximum Gasteiger partial charge on any atom is 0.274 e. The molecule has 4 heterocycles. The van der Waals surface area contributed by atoms with Crippen LogP contribution in [-0.2, 0) is 13.1 Å². The van der Waals surface area contributed by atoms with E-state index in [1.807, 2.05) is 6.07 Å². The van der Waals surface area contributed by atoms with Crippen LogP contribution >= 0.6 is 15.9 Å². The molecule has 6 rings (SSSR count). The number of aromatic nitrogens is 2. The number of imide groups is 2. The molecule has 2 aromatic carbocycles. The van der Waals surface area contributed by atoms with Crippen LogP contribution in [0.3, 0.4) is 0 Å². The van der Waals surface area contributed by atoms with E-state index >= 15 is 0 Å². The van der Waals surface area contributed by atoms with Gasteiger partial charge in [0.15, 0.2) is 0 Å².